The Morgan fingerprint density at radius 2 is 2.07 bits per heavy atom. The van der Waals surface area contributed by atoms with Crippen LogP contribution in [0.1, 0.15) is 23.1 Å². The first-order valence-corrected chi connectivity index (χ1v) is 5.23. The summed E-state index contributed by atoms with van der Waals surface area (Å²) in [6, 6.07) is 1.80. The lowest BCUT2D eigenvalue weighted by atomic mass is 9.74. The first kappa shape index (κ1) is 10.5. The van der Waals surface area contributed by atoms with Gasteiger partial charge in [0.05, 0.1) is 6.61 Å². The van der Waals surface area contributed by atoms with Crippen LogP contribution >= 0.6 is 0 Å². The van der Waals surface area contributed by atoms with Gasteiger partial charge in [0.15, 0.2) is 0 Å². The third kappa shape index (κ3) is 1.75. The molecule has 80 valence electrons. The number of ether oxygens (including phenoxy) is 1. The van der Waals surface area contributed by atoms with Gasteiger partial charge in [0.25, 0.3) is 0 Å². The van der Waals surface area contributed by atoms with Gasteiger partial charge in [-0.05, 0) is 48.8 Å². The SMILES string of the molecule is Cc1cc(B(O)O)c(C)c2c1OCCC2. The van der Waals surface area contributed by atoms with Gasteiger partial charge >= 0.3 is 7.12 Å². The van der Waals surface area contributed by atoms with Gasteiger partial charge in [0.2, 0.25) is 0 Å². The minimum atomic E-state index is -1.39. The molecule has 0 unspecified atom stereocenters. The van der Waals surface area contributed by atoms with Crippen LogP contribution in [0.2, 0.25) is 0 Å². The first-order chi connectivity index (χ1) is 7.11. The molecule has 0 saturated carbocycles. The highest BCUT2D eigenvalue weighted by atomic mass is 16.5. The van der Waals surface area contributed by atoms with E-state index < -0.39 is 7.12 Å². The number of benzene rings is 1. The van der Waals surface area contributed by atoms with Crippen LogP contribution in [0.5, 0.6) is 5.75 Å². The topological polar surface area (TPSA) is 49.7 Å². The molecule has 1 aromatic carbocycles. The summed E-state index contributed by atoms with van der Waals surface area (Å²) in [5, 5.41) is 18.5. The van der Waals surface area contributed by atoms with Gasteiger partial charge in [-0.2, -0.15) is 0 Å². The molecule has 0 aliphatic carbocycles. The summed E-state index contributed by atoms with van der Waals surface area (Å²) in [4.78, 5) is 0. The van der Waals surface area contributed by atoms with Crippen LogP contribution in [0, 0.1) is 13.8 Å². The molecule has 3 nitrogen and oxygen atoms in total. The third-order valence-electron chi connectivity index (χ3n) is 2.99. The van der Waals surface area contributed by atoms with Gasteiger partial charge < -0.3 is 14.8 Å². The van der Waals surface area contributed by atoms with Crippen molar-refractivity contribution >= 4 is 12.6 Å². The average molecular weight is 206 g/mol. The maximum absolute atomic E-state index is 9.25. The molecule has 0 atom stereocenters. The third-order valence-corrected chi connectivity index (χ3v) is 2.99. The van der Waals surface area contributed by atoms with E-state index in [0.29, 0.717) is 5.46 Å². The lowest BCUT2D eigenvalue weighted by Gasteiger charge is -2.23. The molecular formula is C11H15BO3. The van der Waals surface area contributed by atoms with Crippen molar-refractivity contribution in [2.24, 2.45) is 0 Å². The van der Waals surface area contributed by atoms with Crippen molar-refractivity contribution in [2.75, 3.05) is 6.61 Å². The maximum Gasteiger partial charge on any atom is 0.488 e. The van der Waals surface area contributed by atoms with E-state index in [4.69, 9.17) is 4.74 Å². The van der Waals surface area contributed by atoms with Crippen molar-refractivity contribution in [3.05, 3.63) is 22.8 Å². The summed E-state index contributed by atoms with van der Waals surface area (Å²) in [6.45, 7) is 4.62. The van der Waals surface area contributed by atoms with Gasteiger partial charge in [-0.25, -0.2) is 0 Å². The summed E-state index contributed by atoms with van der Waals surface area (Å²) >= 11 is 0. The fourth-order valence-electron chi connectivity index (χ4n) is 2.18. The van der Waals surface area contributed by atoms with Crippen molar-refractivity contribution in [1.82, 2.24) is 0 Å². The molecule has 0 spiro atoms. The second kappa shape index (κ2) is 3.87. The number of hydrogen-bond donors (Lipinski definition) is 2. The van der Waals surface area contributed by atoms with Crippen LogP contribution in [-0.2, 0) is 6.42 Å². The van der Waals surface area contributed by atoms with Crippen molar-refractivity contribution in [1.29, 1.82) is 0 Å². The first-order valence-electron chi connectivity index (χ1n) is 5.23. The number of hydrogen-bond acceptors (Lipinski definition) is 3. The summed E-state index contributed by atoms with van der Waals surface area (Å²) < 4.78 is 5.61. The van der Waals surface area contributed by atoms with E-state index in [0.717, 1.165) is 41.9 Å². The minimum Gasteiger partial charge on any atom is -0.493 e. The van der Waals surface area contributed by atoms with Crippen LogP contribution in [-0.4, -0.2) is 23.8 Å². The molecule has 1 aromatic rings. The highest BCUT2D eigenvalue weighted by Crippen LogP contribution is 2.30. The molecule has 0 amide bonds. The number of fused-ring (bicyclic) bond motifs is 1. The monoisotopic (exact) mass is 206 g/mol. The zero-order valence-corrected chi connectivity index (χ0v) is 9.08. The summed E-state index contributed by atoms with van der Waals surface area (Å²) in [7, 11) is -1.39. The molecule has 4 heteroatoms. The molecule has 0 radical (unpaired) electrons. The predicted molar refractivity (Wildman–Crippen MR) is 59.6 cm³/mol. The van der Waals surface area contributed by atoms with Crippen LogP contribution in [0.3, 0.4) is 0 Å². The largest absolute Gasteiger partial charge is 0.493 e. The van der Waals surface area contributed by atoms with E-state index in [1.54, 1.807) is 6.07 Å². The molecule has 15 heavy (non-hydrogen) atoms. The quantitative estimate of drug-likeness (QED) is 0.650. The Labute approximate surface area is 89.8 Å². The minimum absolute atomic E-state index is 0.594. The molecule has 2 rings (SSSR count). The van der Waals surface area contributed by atoms with Crippen molar-refractivity contribution < 1.29 is 14.8 Å². The molecule has 2 N–H and O–H groups in total. The Kier molecular flexibility index (Phi) is 2.71. The van der Waals surface area contributed by atoms with E-state index in [2.05, 4.69) is 0 Å². The average Bonchev–Trinajstić information content (AvgIpc) is 2.23. The number of rotatable bonds is 1. The van der Waals surface area contributed by atoms with Crippen LogP contribution in [0.15, 0.2) is 6.07 Å². The highest BCUT2D eigenvalue weighted by molar-refractivity contribution is 6.59. The predicted octanol–water partition coefficient (Wildman–Crippen LogP) is 0.308. The fourth-order valence-corrected chi connectivity index (χ4v) is 2.18. The molecule has 1 heterocycles. The van der Waals surface area contributed by atoms with E-state index in [1.807, 2.05) is 13.8 Å². The van der Waals surface area contributed by atoms with E-state index >= 15 is 0 Å². The lowest BCUT2D eigenvalue weighted by Crippen LogP contribution is -2.34. The van der Waals surface area contributed by atoms with Gasteiger partial charge in [-0.1, -0.05) is 6.07 Å². The van der Waals surface area contributed by atoms with E-state index in [-0.39, 0.29) is 0 Å². The van der Waals surface area contributed by atoms with Gasteiger partial charge in [-0.3, -0.25) is 0 Å². The van der Waals surface area contributed by atoms with Crippen molar-refractivity contribution in [3.8, 4) is 5.75 Å². The molecule has 0 fully saturated rings. The normalized spacial score (nSPS) is 14.4. The Balaban J connectivity index is 2.59. The Morgan fingerprint density at radius 3 is 2.73 bits per heavy atom. The molecule has 0 aromatic heterocycles. The zero-order chi connectivity index (χ0) is 11.0. The van der Waals surface area contributed by atoms with Crippen LogP contribution < -0.4 is 10.2 Å². The summed E-state index contributed by atoms with van der Waals surface area (Å²) in [5.41, 5.74) is 3.66. The van der Waals surface area contributed by atoms with Crippen LogP contribution in [0.25, 0.3) is 0 Å². The van der Waals surface area contributed by atoms with Crippen molar-refractivity contribution in [3.63, 3.8) is 0 Å². The lowest BCUT2D eigenvalue weighted by molar-refractivity contribution is 0.286. The Hall–Kier alpha value is -0.995. The zero-order valence-electron chi connectivity index (χ0n) is 9.08. The number of aryl methyl sites for hydroxylation is 1. The second-order valence-corrected chi connectivity index (χ2v) is 4.04. The second-order valence-electron chi connectivity index (χ2n) is 4.04. The molecule has 1 aliphatic rings. The van der Waals surface area contributed by atoms with E-state index in [9.17, 15) is 10.0 Å². The maximum atomic E-state index is 9.25. The van der Waals surface area contributed by atoms with Gasteiger partial charge in [-0.15, -0.1) is 0 Å². The Bertz CT molecular complexity index is 388. The van der Waals surface area contributed by atoms with E-state index in [1.165, 1.54) is 0 Å². The standard InChI is InChI=1S/C11H15BO3/c1-7-6-10(12(13)14)8(2)9-4-3-5-15-11(7)9/h6,13-14H,3-5H2,1-2H3. The van der Waals surface area contributed by atoms with Gasteiger partial charge in [0, 0.05) is 0 Å². The molecule has 0 bridgehead atoms. The highest BCUT2D eigenvalue weighted by Gasteiger charge is 2.22. The Morgan fingerprint density at radius 1 is 1.33 bits per heavy atom. The van der Waals surface area contributed by atoms with Crippen LogP contribution in [0.4, 0.5) is 0 Å². The summed E-state index contributed by atoms with van der Waals surface area (Å²) in [6.07, 6.45) is 1.96. The van der Waals surface area contributed by atoms with Gasteiger partial charge in [0.1, 0.15) is 5.75 Å². The summed E-state index contributed by atoms with van der Waals surface area (Å²) in [5.74, 6) is 0.933. The van der Waals surface area contributed by atoms with Crippen molar-refractivity contribution in [2.45, 2.75) is 26.7 Å². The molecule has 1 aliphatic heterocycles. The fraction of sp³-hybridized carbons (Fsp3) is 0.455. The molecule has 0 saturated heterocycles. The smallest absolute Gasteiger partial charge is 0.488 e. The molecular weight excluding hydrogens is 191 g/mol.